The Balaban J connectivity index is 1.43. The van der Waals surface area contributed by atoms with E-state index in [1.165, 1.54) is 22.4 Å². The van der Waals surface area contributed by atoms with Crippen molar-refractivity contribution in [2.45, 2.75) is 25.7 Å². The van der Waals surface area contributed by atoms with Crippen LogP contribution in [0.3, 0.4) is 0 Å². The zero-order valence-corrected chi connectivity index (χ0v) is 14.2. The molecule has 0 heterocycles. The fourth-order valence-electron chi connectivity index (χ4n) is 3.05. The number of benzene rings is 3. The second-order valence-corrected chi connectivity index (χ2v) is 6.18. The fourth-order valence-corrected chi connectivity index (χ4v) is 3.05. The Morgan fingerprint density at radius 3 is 2.44 bits per heavy atom. The van der Waals surface area contributed by atoms with E-state index in [9.17, 15) is 9.18 Å². The lowest BCUT2D eigenvalue weighted by atomic mass is 10.0. The largest absolute Gasteiger partial charge is 0.356 e. The zero-order chi connectivity index (χ0) is 17.5. The van der Waals surface area contributed by atoms with Crippen molar-refractivity contribution in [1.82, 2.24) is 5.32 Å². The molecule has 1 amide bonds. The maximum absolute atomic E-state index is 13.5. The van der Waals surface area contributed by atoms with E-state index < -0.39 is 0 Å². The Hall–Kier alpha value is -2.68. The number of amides is 1. The number of hydrogen-bond donors (Lipinski definition) is 1. The summed E-state index contributed by atoms with van der Waals surface area (Å²) in [7, 11) is 0. The van der Waals surface area contributed by atoms with Crippen LogP contribution < -0.4 is 5.32 Å². The summed E-state index contributed by atoms with van der Waals surface area (Å²) in [6, 6.07) is 21.3. The highest BCUT2D eigenvalue weighted by Gasteiger charge is 2.06. The number of carbonyl (C=O) groups is 1. The van der Waals surface area contributed by atoms with E-state index >= 15 is 0 Å². The number of aryl methyl sites for hydroxylation is 2. The Bertz CT molecular complexity index is 854. The van der Waals surface area contributed by atoms with Crippen LogP contribution >= 0.6 is 0 Å². The highest BCUT2D eigenvalue weighted by atomic mass is 19.1. The van der Waals surface area contributed by atoms with Gasteiger partial charge in [-0.25, -0.2) is 4.39 Å². The lowest BCUT2D eigenvalue weighted by Crippen LogP contribution is -2.25. The third-order valence-corrected chi connectivity index (χ3v) is 4.40. The first kappa shape index (κ1) is 17.2. The molecule has 3 heteroatoms. The molecule has 0 aliphatic heterocycles. The Morgan fingerprint density at radius 2 is 1.56 bits per heavy atom. The predicted molar refractivity (Wildman–Crippen MR) is 100.0 cm³/mol. The van der Waals surface area contributed by atoms with Crippen LogP contribution in [0.15, 0.2) is 66.7 Å². The minimum atomic E-state index is -0.244. The number of rotatable bonds is 7. The third kappa shape index (κ3) is 4.66. The average Bonchev–Trinajstić information content (AvgIpc) is 2.64. The molecule has 0 radical (unpaired) electrons. The molecular weight excluding hydrogens is 313 g/mol. The van der Waals surface area contributed by atoms with Gasteiger partial charge < -0.3 is 5.32 Å². The van der Waals surface area contributed by atoms with Gasteiger partial charge in [0.2, 0.25) is 5.91 Å². The highest BCUT2D eigenvalue weighted by molar-refractivity contribution is 5.85. The van der Waals surface area contributed by atoms with Gasteiger partial charge in [-0.05, 0) is 47.2 Å². The topological polar surface area (TPSA) is 29.1 Å². The molecule has 0 unspecified atom stereocenters. The summed E-state index contributed by atoms with van der Waals surface area (Å²) in [6.07, 6.45) is 2.56. The second kappa shape index (κ2) is 8.43. The smallest absolute Gasteiger partial charge is 0.220 e. The minimum Gasteiger partial charge on any atom is -0.356 e. The van der Waals surface area contributed by atoms with Gasteiger partial charge in [0.05, 0.1) is 0 Å². The zero-order valence-electron chi connectivity index (χ0n) is 14.2. The predicted octanol–water partition coefficient (Wildman–Crippen LogP) is 4.66. The first-order valence-corrected chi connectivity index (χ1v) is 8.71. The summed E-state index contributed by atoms with van der Waals surface area (Å²) in [5, 5.41) is 5.45. The maximum atomic E-state index is 13.5. The van der Waals surface area contributed by atoms with Gasteiger partial charge in [0, 0.05) is 13.0 Å². The summed E-state index contributed by atoms with van der Waals surface area (Å²) >= 11 is 0. The van der Waals surface area contributed by atoms with Crippen LogP contribution in [0.2, 0.25) is 0 Å². The molecule has 128 valence electrons. The minimum absolute atomic E-state index is 0.0267. The molecule has 0 atom stereocenters. The summed E-state index contributed by atoms with van der Waals surface area (Å²) < 4.78 is 13.5. The molecule has 3 rings (SSSR count). The van der Waals surface area contributed by atoms with E-state index in [1.54, 1.807) is 18.2 Å². The average molecular weight is 335 g/mol. The van der Waals surface area contributed by atoms with Gasteiger partial charge in [-0.1, -0.05) is 60.7 Å². The molecule has 1 N–H and O–H groups in total. The number of carbonyl (C=O) groups excluding carboxylic acids is 1. The van der Waals surface area contributed by atoms with Gasteiger partial charge >= 0.3 is 0 Å². The van der Waals surface area contributed by atoms with Crippen molar-refractivity contribution in [2.24, 2.45) is 0 Å². The summed E-state index contributed by atoms with van der Waals surface area (Å²) in [5.74, 6) is -0.271. The lowest BCUT2D eigenvalue weighted by Gasteiger charge is -2.08. The first-order valence-electron chi connectivity index (χ1n) is 8.71. The van der Waals surface area contributed by atoms with Crippen molar-refractivity contribution in [3.63, 3.8) is 0 Å². The van der Waals surface area contributed by atoms with Crippen molar-refractivity contribution in [1.29, 1.82) is 0 Å². The molecule has 3 aromatic rings. The second-order valence-electron chi connectivity index (χ2n) is 6.18. The van der Waals surface area contributed by atoms with E-state index in [1.807, 2.05) is 6.07 Å². The number of halogens is 1. The van der Waals surface area contributed by atoms with Crippen LogP contribution in [0.25, 0.3) is 10.8 Å². The van der Waals surface area contributed by atoms with Gasteiger partial charge in [-0.2, -0.15) is 0 Å². The van der Waals surface area contributed by atoms with Gasteiger partial charge in [0.15, 0.2) is 0 Å². The van der Waals surface area contributed by atoms with Crippen LogP contribution in [-0.4, -0.2) is 12.5 Å². The Kier molecular flexibility index (Phi) is 5.78. The van der Waals surface area contributed by atoms with Crippen LogP contribution in [0.5, 0.6) is 0 Å². The summed E-state index contributed by atoms with van der Waals surface area (Å²) in [5.41, 5.74) is 1.90. The maximum Gasteiger partial charge on any atom is 0.220 e. The first-order chi connectivity index (χ1) is 12.2. The summed E-state index contributed by atoms with van der Waals surface area (Å²) in [4.78, 5) is 11.9. The van der Waals surface area contributed by atoms with Crippen molar-refractivity contribution in [3.8, 4) is 0 Å². The third-order valence-electron chi connectivity index (χ3n) is 4.40. The molecule has 3 aromatic carbocycles. The molecule has 0 bridgehead atoms. The van der Waals surface area contributed by atoms with Crippen LogP contribution in [0.4, 0.5) is 4.39 Å². The lowest BCUT2D eigenvalue weighted by molar-refractivity contribution is -0.121. The monoisotopic (exact) mass is 335 g/mol. The summed E-state index contributed by atoms with van der Waals surface area (Å²) in [6.45, 7) is 0.638. The Labute approximate surface area is 147 Å². The van der Waals surface area contributed by atoms with E-state index in [0.29, 0.717) is 24.9 Å². The molecular formula is C22H22FNO. The van der Waals surface area contributed by atoms with Crippen molar-refractivity contribution in [2.75, 3.05) is 6.54 Å². The van der Waals surface area contributed by atoms with E-state index in [4.69, 9.17) is 0 Å². The SMILES string of the molecule is O=C(CCc1ccccc1F)NCCCc1cccc2ccccc12. The van der Waals surface area contributed by atoms with E-state index in [2.05, 4.69) is 41.7 Å². The van der Waals surface area contributed by atoms with Gasteiger partial charge in [0.1, 0.15) is 5.82 Å². The normalized spacial score (nSPS) is 10.8. The molecule has 0 aliphatic rings. The molecule has 0 fully saturated rings. The van der Waals surface area contributed by atoms with Gasteiger partial charge in [0.25, 0.3) is 0 Å². The number of hydrogen-bond acceptors (Lipinski definition) is 1. The van der Waals surface area contributed by atoms with Crippen LogP contribution in [0, 0.1) is 5.82 Å². The highest BCUT2D eigenvalue weighted by Crippen LogP contribution is 2.19. The van der Waals surface area contributed by atoms with Crippen LogP contribution in [-0.2, 0) is 17.6 Å². The van der Waals surface area contributed by atoms with Crippen molar-refractivity contribution < 1.29 is 9.18 Å². The molecule has 25 heavy (non-hydrogen) atoms. The molecule has 0 aliphatic carbocycles. The molecule has 0 spiro atoms. The van der Waals surface area contributed by atoms with Crippen molar-refractivity contribution in [3.05, 3.63) is 83.7 Å². The van der Waals surface area contributed by atoms with Crippen molar-refractivity contribution >= 4 is 16.7 Å². The molecule has 0 aromatic heterocycles. The molecule has 0 saturated heterocycles. The van der Waals surface area contributed by atoms with Gasteiger partial charge in [-0.15, -0.1) is 0 Å². The van der Waals surface area contributed by atoms with E-state index in [0.717, 1.165) is 12.8 Å². The number of fused-ring (bicyclic) bond motifs is 1. The van der Waals surface area contributed by atoms with E-state index in [-0.39, 0.29) is 11.7 Å². The Morgan fingerprint density at radius 1 is 0.840 bits per heavy atom. The molecule has 0 saturated carbocycles. The quantitative estimate of drug-likeness (QED) is 0.625. The standard InChI is InChI=1S/C22H22FNO/c23-21-13-4-2-8-19(21)14-15-22(25)24-16-6-11-18-10-5-9-17-7-1-3-12-20(17)18/h1-5,7-10,12-13H,6,11,14-16H2,(H,24,25). The fraction of sp³-hybridized carbons (Fsp3) is 0.227. The molecule has 2 nitrogen and oxygen atoms in total. The number of nitrogens with one attached hydrogen (secondary N) is 1. The van der Waals surface area contributed by atoms with Crippen LogP contribution in [0.1, 0.15) is 24.0 Å². The van der Waals surface area contributed by atoms with Gasteiger partial charge in [-0.3, -0.25) is 4.79 Å².